The Bertz CT molecular complexity index is 503. The first-order valence-electron chi connectivity index (χ1n) is 7.56. The maximum atomic E-state index is 12.2. The van der Waals surface area contributed by atoms with E-state index in [0.29, 0.717) is 30.6 Å². The highest BCUT2D eigenvalue weighted by Crippen LogP contribution is 2.20. The van der Waals surface area contributed by atoms with Crippen molar-refractivity contribution in [2.24, 2.45) is 0 Å². The van der Waals surface area contributed by atoms with Crippen molar-refractivity contribution in [3.63, 3.8) is 0 Å². The van der Waals surface area contributed by atoms with Gasteiger partial charge in [0.1, 0.15) is 0 Å². The molecule has 1 aromatic heterocycles. The fourth-order valence-electron chi connectivity index (χ4n) is 3.11. The van der Waals surface area contributed by atoms with Crippen LogP contribution in [0.4, 0.5) is 0 Å². The second-order valence-corrected chi connectivity index (χ2v) is 6.56. The Kier molecular flexibility index (Phi) is 4.55. The molecule has 2 fully saturated rings. The van der Waals surface area contributed by atoms with E-state index in [0.717, 1.165) is 19.5 Å². The number of nitrogens with one attached hydrogen (secondary N) is 2. The maximum Gasteiger partial charge on any atom is 0.252 e. The van der Waals surface area contributed by atoms with Gasteiger partial charge in [0.05, 0.1) is 0 Å². The third-order valence-corrected chi connectivity index (χ3v) is 4.97. The van der Waals surface area contributed by atoms with E-state index >= 15 is 0 Å². The van der Waals surface area contributed by atoms with E-state index in [9.17, 15) is 9.59 Å². The molecule has 2 atom stereocenters. The maximum absolute atomic E-state index is 12.2. The first-order valence-corrected chi connectivity index (χ1v) is 8.51. The average molecular weight is 307 g/mol. The number of thiophene rings is 1. The number of rotatable bonds is 4. The largest absolute Gasteiger partial charge is 0.351 e. The predicted octanol–water partition coefficient (Wildman–Crippen LogP) is 1.22. The Balaban J connectivity index is 1.43. The van der Waals surface area contributed by atoms with E-state index in [4.69, 9.17) is 0 Å². The van der Waals surface area contributed by atoms with E-state index in [1.807, 2.05) is 15.7 Å². The molecule has 5 nitrogen and oxygen atoms in total. The van der Waals surface area contributed by atoms with Gasteiger partial charge in [-0.2, -0.15) is 11.3 Å². The fourth-order valence-corrected chi connectivity index (χ4v) is 3.74. The highest BCUT2D eigenvalue weighted by molar-refractivity contribution is 7.08. The molecule has 2 amide bonds. The molecule has 0 radical (unpaired) electrons. The molecule has 1 aromatic rings. The third-order valence-electron chi connectivity index (χ3n) is 4.28. The number of fused-ring (bicyclic) bond motifs is 2. The van der Waals surface area contributed by atoms with Crippen LogP contribution in [0.5, 0.6) is 0 Å². The van der Waals surface area contributed by atoms with Gasteiger partial charge < -0.3 is 15.5 Å². The summed E-state index contributed by atoms with van der Waals surface area (Å²) in [7, 11) is 0. The smallest absolute Gasteiger partial charge is 0.252 e. The number of carbonyl (C=O) groups is 2. The van der Waals surface area contributed by atoms with Crippen molar-refractivity contribution in [2.45, 2.75) is 37.8 Å². The van der Waals surface area contributed by atoms with Crippen LogP contribution in [0.3, 0.4) is 0 Å². The fraction of sp³-hybridized carbons (Fsp3) is 0.600. The Hall–Kier alpha value is -1.40. The number of nitrogens with zero attached hydrogens (tertiary/aromatic N) is 1. The Morgan fingerprint density at radius 3 is 3.00 bits per heavy atom. The van der Waals surface area contributed by atoms with Gasteiger partial charge in [-0.15, -0.1) is 0 Å². The summed E-state index contributed by atoms with van der Waals surface area (Å²) in [5.74, 6) is 0.0515. The lowest BCUT2D eigenvalue weighted by molar-refractivity contribution is -0.131. The van der Waals surface area contributed by atoms with Gasteiger partial charge in [0, 0.05) is 49.1 Å². The minimum absolute atomic E-state index is 0.0966. The summed E-state index contributed by atoms with van der Waals surface area (Å²) in [5.41, 5.74) is 0.670. The van der Waals surface area contributed by atoms with Gasteiger partial charge >= 0.3 is 0 Å². The number of carbonyl (C=O) groups excluding carboxylic acids is 2. The molecular weight excluding hydrogens is 286 g/mol. The zero-order chi connectivity index (χ0) is 14.7. The standard InChI is InChI=1S/C15H21N3O2S/c19-14(3-6-16-15(20)11-5-8-21-10-11)18-7-4-12-1-2-13(9-18)17-12/h5,8,10,12-13,17H,1-4,6-7,9H2,(H,16,20). The van der Waals surface area contributed by atoms with Gasteiger partial charge in [0.2, 0.25) is 5.91 Å². The summed E-state index contributed by atoms with van der Waals surface area (Å²) in [6, 6.07) is 2.84. The summed E-state index contributed by atoms with van der Waals surface area (Å²) in [6.07, 6.45) is 3.84. The third kappa shape index (κ3) is 3.63. The molecule has 3 rings (SSSR count). The van der Waals surface area contributed by atoms with Gasteiger partial charge in [0.15, 0.2) is 0 Å². The Morgan fingerprint density at radius 2 is 2.19 bits per heavy atom. The molecule has 0 saturated carbocycles. The zero-order valence-electron chi connectivity index (χ0n) is 12.0. The molecule has 0 aliphatic carbocycles. The van der Waals surface area contributed by atoms with Crippen LogP contribution in [0.15, 0.2) is 16.8 Å². The SMILES string of the molecule is O=C(NCCC(=O)N1CCC2CCC(C1)N2)c1ccsc1. The zero-order valence-corrected chi connectivity index (χ0v) is 12.8. The van der Waals surface area contributed by atoms with Crippen LogP contribution >= 0.6 is 11.3 Å². The predicted molar refractivity (Wildman–Crippen MR) is 82.4 cm³/mol. The highest BCUT2D eigenvalue weighted by Gasteiger charge is 2.30. The lowest BCUT2D eigenvalue weighted by atomic mass is 10.1. The van der Waals surface area contributed by atoms with Crippen LogP contribution in [0.25, 0.3) is 0 Å². The van der Waals surface area contributed by atoms with Crippen molar-refractivity contribution in [3.05, 3.63) is 22.4 Å². The van der Waals surface area contributed by atoms with Crippen molar-refractivity contribution in [3.8, 4) is 0 Å². The average Bonchev–Trinajstić information content (AvgIpc) is 3.08. The van der Waals surface area contributed by atoms with Crippen molar-refractivity contribution in [1.82, 2.24) is 15.5 Å². The van der Waals surface area contributed by atoms with Crippen LogP contribution in [0.1, 0.15) is 36.0 Å². The molecule has 2 aliphatic heterocycles. The Labute approximate surface area is 128 Å². The monoisotopic (exact) mass is 307 g/mol. The van der Waals surface area contributed by atoms with Crippen LogP contribution in [-0.2, 0) is 4.79 Å². The second-order valence-electron chi connectivity index (χ2n) is 5.78. The molecule has 2 N–H and O–H groups in total. The first kappa shape index (κ1) is 14.5. The van der Waals surface area contributed by atoms with Gasteiger partial charge in [0.25, 0.3) is 5.91 Å². The van der Waals surface area contributed by atoms with Crippen LogP contribution < -0.4 is 10.6 Å². The molecule has 21 heavy (non-hydrogen) atoms. The summed E-state index contributed by atoms with van der Waals surface area (Å²) in [4.78, 5) is 26.0. The topological polar surface area (TPSA) is 61.4 Å². The molecule has 2 aliphatic rings. The Morgan fingerprint density at radius 1 is 1.33 bits per heavy atom. The van der Waals surface area contributed by atoms with E-state index < -0.39 is 0 Å². The summed E-state index contributed by atoms with van der Waals surface area (Å²) in [5, 5.41) is 10.1. The lowest BCUT2D eigenvalue weighted by Crippen LogP contribution is -2.40. The van der Waals surface area contributed by atoms with E-state index in [1.165, 1.54) is 24.2 Å². The number of hydrogen-bond donors (Lipinski definition) is 2. The first-order chi connectivity index (χ1) is 10.2. The summed E-state index contributed by atoms with van der Waals surface area (Å²) >= 11 is 1.50. The normalized spacial score (nSPS) is 24.7. The van der Waals surface area contributed by atoms with Crippen LogP contribution in [-0.4, -0.2) is 48.4 Å². The van der Waals surface area contributed by atoms with Crippen molar-refractivity contribution >= 4 is 23.2 Å². The molecule has 114 valence electrons. The second kappa shape index (κ2) is 6.58. The molecule has 6 heteroatoms. The van der Waals surface area contributed by atoms with Crippen molar-refractivity contribution in [2.75, 3.05) is 19.6 Å². The number of amides is 2. The summed E-state index contributed by atoms with van der Waals surface area (Å²) < 4.78 is 0. The molecule has 3 heterocycles. The van der Waals surface area contributed by atoms with Crippen molar-refractivity contribution in [1.29, 1.82) is 0 Å². The molecule has 0 aromatic carbocycles. The van der Waals surface area contributed by atoms with Gasteiger partial charge in [-0.3, -0.25) is 9.59 Å². The van der Waals surface area contributed by atoms with Crippen molar-refractivity contribution < 1.29 is 9.59 Å². The minimum atomic E-state index is -0.0966. The number of likely N-dealkylation sites (tertiary alicyclic amines) is 1. The molecular formula is C15H21N3O2S. The molecule has 0 spiro atoms. The lowest BCUT2D eigenvalue weighted by Gasteiger charge is -2.24. The van der Waals surface area contributed by atoms with Gasteiger partial charge in [-0.25, -0.2) is 0 Å². The van der Waals surface area contributed by atoms with Crippen LogP contribution in [0.2, 0.25) is 0 Å². The highest BCUT2D eigenvalue weighted by atomic mass is 32.1. The molecule has 2 saturated heterocycles. The quantitative estimate of drug-likeness (QED) is 0.879. The number of hydrogen-bond acceptors (Lipinski definition) is 4. The van der Waals surface area contributed by atoms with E-state index in [1.54, 1.807) is 6.07 Å². The van der Waals surface area contributed by atoms with E-state index in [-0.39, 0.29) is 11.8 Å². The molecule has 2 bridgehead atoms. The van der Waals surface area contributed by atoms with Crippen LogP contribution in [0, 0.1) is 0 Å². The molecule has 2 unspecified atom stereocenters. The summed E-state index contributed by atoms with van der Waals surface area (Å²) in [6.45, 7) is 2.06. The van der Waals surface area contributed by atoms with Gasteiger partial charge in [-0.1, -0.05) is 0 Å². The minimum Gasteiger partial charge on any atom is -0.351 e. The van der Waals surface area contributed by atoms with Gasteiger partial charge in [-0.05, 0) is 30.7 Å². The van der Waals surface area contributed by atoms with E-state index in [2.05, 4.69) is 10.6 Å².